The van der Waals surface area contributed by atoms with Gasteiger partial charge in [-0.15, -0.1) is 0 Å². The maximum absolute atomic E-state index is 5.77. The number of benzene rings is 1. The van der Waals surface area contributed by atoms with Crippen LogP contribution in [0.15, 0.2) is 12.1 Å². The molecule has 0 aliphatic carbocycles. The van der Waals surface area contributed by atoms with Gasteiger partial charge in [-0.1, -0.05) is 31.9 Å². The zero-order chi connectivity index (χ0) is 11.3. The number of hydrogen-bond donors (Lipinski definition) is 1. The smallest absolute Gasteiger partial charge is 0.0180 e. The summed E-state index contributed by atoms with van der Waals surface area (Å²) in [5.74, 6) is 0. The van der Waals surface area contributed by atoms with Gasteiger partial charge in [-0.25, -0.2) is 0 Å². The molecule has 0 unspecified atom stereocenters. The Balaban J connectivity index is 2.80. The van der Waals surface area contributed by atoms with E-state index in [0.29, 0.717) is 6.54 Å². The summed E-state index contributed by atoms with van der Waals surface area (Å²) in [6.07, 6.45) is 5.06. The summed E-state index contributed by atoms with van der Waals surface area (Å²) in [5, 5.41) is 0. The lowest BCUT2D eigenvalue weighted by atomic mass is 9.96. The topological polar surface area (TPSA) is 26.0 Å². The largest absolute Gasteiger partial charge is 0.326 e. The van der Waals surface area contributed by atoms with Gasteiger partial charge in [0.2, 0.25) is 0 Å². The Morgan fingerprint density at radius 1 is 1.00 bits per heavy atom. The van der Waals surface area contributed by atoms with E-state index in [9.17, 15) is 0 Å². The molecule has 0 spiro atoms. The van der Waals surface area contributed by atoms with Crippen LogP contribution < -0.4 is 5.73 Å². The van der Waals surface area contributed by atoms with Crippen LogP contribution >= 0.6 is 0 Å². The van der Waals surface area contributed by atoms with E-state index in [1.165, 1.54) is 47.9 Å². The van der Waals surface area contributed by atoms with Crippen molar-refractivity contribution in [3.8, 4) is 0 Å². The van der Waals surface area contributed by atoms with Crippen molar-refractivity contribution in [2.24, 2.45) is 5.73 Å². The molecule has 0 heterocycles. The quantitative estimate of drug-likeness (QED) is 0.732. The van der Waals surface area contributed by atoms with Gasteiger partial charge in [0.15, 0.2) is 0 Å². The Bertz CT molecular complexity index is 315. The lowest BCUT2D eigenvalue weighted by Gasteiger charge is -2.11. The molecule has 1 aromatic rings. The second-order valence-corrected chi connectivity index (χ2v) is 4.37. The Morgan fingerprint density at radius 3 is 2.13 bits per heavy atom. The zero-order valence-corrected chi connectivity index (χ0v) is 10.3. The zero-order valence-electron chi connectivity index (χ0n) is 10.3. The number of aryl methyl sites for hydroxylation is 3. The molecule has 0 aromatic heterocycles. The average Bonchev–Trinajstić information content (AvgIpc) is 2.23. The van der Waals surface area contributed by atoms with Crippen molar-refractivity contribution in [1.82, 2.24) is 0 Å². The standard InChI is InChI=1S/C14H23N/c1-4-5-6-7-13-8-11(2)12(3)9-14(13)10-15/h8-9H,4-7,10,15H2,1-3H3. The summed E-state index contributed by atoms with van der Waals surface area (Å²) in [4.78, 5) is 0. The van der Waals surface area contributed by atoms with E-state index in [-0.39, 0.29) is 0 Å². The van der Waals surface area contributed by atoms with Gasteiger partial charge in [-0.2, -0.15) is 0 Å². The van der Waals surface area contributed by atoms with Crippen LogP contribution in [-0.2, 0) is 13.0 Å². The lowest BCUT2D eigenvalue weighted by Crippen LogP contribution is -2.03. The summed E-state index contributed by atoms with van der Waals surface area (Å²) in [6, 6.07) is 4.56. The van der Waals surface area contributed by atoms with E-state index in [2.05, 4.69) is 32.9 Å². The summed E-state index contributed by atoms with van der Waals surface area (Å²) in [5.41, 5.74) is 11.3. The molecule has 0 atom stereocenters. The van der Waals surface area contributed by atoms with E-state index < -0.39 is 0 Å². The molecule has 0 aliphatic heterocycles. The van der Waals surface area contributed by atoms with Gasteiger partial charge >= 0.3 is 0 Å². The minimum absolute atomic E-state index is 0.669. The van der Waals surface area contributed by atoms with Crippen molar-refractivity contribution in [2.75, 3.05) is 0 Å². The first-order valence-electron chi connectivity index (χ1n) is 5.98. The predicted octanol–water partition coefficient (Wildman–Crippen LogP) is 3.49. The van der Waals surface area contributed by atoms with E-state index in [1.807, 2.05) is 0 Å². The first-order chi connectivity index (χ1) is 7.19. The number of rotatable bonds is 5. The van der Waals surface area contributed by atoms with Crippen LogP contribution in [0.3, 0.4) is 0 Å². The fourth-order valence-electron chi connectivity index (χ4n) is 1.92. The molecule has 0 radical (unpaired) electrons. The molecule has 15 heavy (non-hydrogen) atoms. The van der Waals surface area contributed by atoms with E-state index in [1.54, 1.807) is 0 Å². The average molecular weight is 205 g/mol. The molecule has 2 N–H and O–H groups in total. The fourth-order valence-corrected chi connectivity index (χ4v) is 1.92. The summed E-state index contributed by atoms with van der Waals surface area (Å²) in [6.45, 7) is 7.25. The molecule has 1 aromatic carbocycles. The first-order valence-corrected chi connectivity index (χ1v) is 5.98. The van der Waals surface area contributed by atoms with Gasteiger partial charge in [0.25, 0.3) is 0 Å². The highest BCUT2D eigenvalue weighted by Gasteiger charge is 2.03. The van der Waals surface area contributed by atoms with E-state index in [0.717, 1.165) is 0 Å². The van der Waals surface area contributed by atoms with Gasteiger partial charge in [0, 0.05) is 6.54 Å². The third-order valence-corrected chi connectivity index (χ3v) is 3.09. The van der Waals surface area contributed by atoms with Gasteiger partial charge in [0.05, 0.1) is 0 Å². The highest BCUT2D eigenvalue weighted by Crippen LogP contribution is 2.18. The maximum Gasteiger partial charge on any atom is 0.0180 e. The second kappa shape index (κ2) is 5.92. The van der Waals surface area contributed by atoms with Crippen LogP contribution in [0.5, 0.6) is 0 Å². The van der Waals surface area contributed by atoms with Crippen LogP contribution in [0.25, 0.3) is 0 Å². The normalized spacial score (nSPS) is 10.7. The molecule has 0 fully saturated rings. The van der Waals surface area contributed by atoms with Crippen LogP contribution in [0, 0.1) is 13.8 Å². The highest BCUT2D eigenvalue weighted by atomic mass is 14.5. The first kappa shape index (κ1) is 12.3. The summed E-state index contributed by atoms with van der Waals surface area (Å²) >= 11 is 0. The fraction of sp³-hybridized carbons (Fsp3) is 0.571. The van der Waals surface area contributed by atoms with Gasteiger partial charge < -0.3 is 5.73 Å². The number of unbranched alkanes of at least 4 members (excludes halogenated alkanes) is 2. The third kappa shape index (κ3) is 3.35. The molecule has 0 amide bonds. The van der Waals surface area contributed by atoms with Crippen molar-refractivity contribution in [2.45, 2.75) is 53.0 Å². The van der Waals surface area contributed by atoms with Crippen LogP contribution in [0.2, 0.25) is 0 Å². The van der Waals surface area contributed by atoms with E-state index in [4.69, 9.17) is 5.73 Å². The van der Waals surface area contributed by atoms with Crippen molar-refractivity contribution in [1.29, 1.82) is 0 Å². The van der Waals surface area contributed by atoms with Crippen LogP contribution in [-0.4, -0.2) is 0 Å². The Labute approximate surface area is 93.7 Å². The van der Waals surface area contributed by atoms with Gasteiger partial charge in [-0.05, 0) is 48.9 Å². The van der Waals surface area contributed by atoms with Crippen LogP contribution in [0.4, 0.5) is 0 Å². The molecule has 0 saturated carbocycles. The molecular weight excluding hydrogens is 182 g/mol. The summed E-state index contributed by atoms with van der Waals surface area (Å²) in [7, 11) is 0. The highest BCUT2D eigenvalue weighted by molar-refractivity contribution is 5.37. The molecule has 0 aliphatic rings. The SMILES string of the molecule is CCCCCc1cc(C)c(C)cc1CN. The number of hydrogen-bond acceptors (Lipinski definition) is 1. The molecule has 1 nitrogen and oxygen atoms in total. The monoisotopic (exact) mass is 205 g/mol. The molecule has 0 saturated heterocycles. The van der Waals surface area contributed by atoms with Gasteiger partial charge in [0.1, 0.15) is 0 Å². The second-order valence-electron chi connectivity index (χ2n) is 4.37. The van der Waals surface area contributed by atoms with Crippen molar-refractivity contribution >= 4 is 0 Å². The molecule has 0 bridgehead atoms. The van der Waals surface area contributed by atoms with Crippen molar-refractivity contribution < 1.29 is 0 Å². The maximum atomic E-state index is 5.77. The third-order valence-electron chi connectivity index (χ3n) is 3.09. The molecule has 84 valence electrons. The molecular formula is C14H23N. The Hall–Kier alpha value is -0.820. The molecule has 1 rings (SSSR count). The van der Waals surface area contributed by atoms with Crippen LogP contribution in [0.1, 0.15) is 48.4 Å². The Morgan fingerprint density at radius 2 is 1.60 bits per heavy atom. The van der Waals surface area contributed by atoms with Crippen molar-refractivity contribution in [3.63, 3.8) is 0 Å². The van der Waals surface area contributed by atoms with Gasteiger partial charge in [-0.3, -0.25) is 0 Å². The minimum Gasteiger partial charge on any atom is -0.326 e. The van der Waals surface area contributed by atoms with E-state index >= 15 is 0 Å². The minimum atomic E-state index is 0.669. The predicted molar refractivity (Wildman–Crippen MR) is 67.0 cm³/mol. The lowest BCUT2D eigenvalue weighted by molar-refractivity contribution is 0.712. The van der Waals surface area contributed by atoms with Crippen molar-refractivity contribution in [3.05, 3.63) is 34.4 Å². The number of nitrogens with two attached hydrogens (primary N) is 1. The Kier molecular flexibility index (Phi) is 4.83. The molecule has 1 heteroatoms. The summed E-state index contributed by atoms with van der Waals surface area (Å²) < 4.78 is 0.